The van der Waals surface area contributed by atoms with Crippen molar-refractivity contribution in [1.82, 2.24) is 9.97 Å². The van der Waals surface area contributed by atoms with E-state index >= 15 is 0 Å². The normalized spacial score (nSPS) is 12.8. The molecular formula is C19H22F4N2O. The van der Waals surface area contributed by atoms with Gasteiger partial charge in [-0.1, -0.05) is 20.8 Å². The lowest BCUT2D eigenvalue weighted by molar-refractivity contribution is 0.142. The maximum atomic E-state index is 13.4. The molecule has 26 heavy (non-hydrogen) atoms. The molecule has 2 heterocycles. The van der Waals surface area contributed by atoms with Crippen molar-refractivity contribution in [2.24, 2.45) is 11.8 Å². The summed E-state index contributed by atoms with van der Waals surface area (Å²) in [5.41, 5.74) is -0.253. The van der Waals surface area contributed by atoms with Crippen LogP contribution in [0.4, 0.5) is 17.6 Å². The van der Waals surface area contributed by atoms with Crippen LogP contribution in [0.25, 0.3) is 11.3 Å². The minimum atomic E-state index is -2.76. The fourth-order valence-corrected chi connectivity index (χ4v) is 2.74. The number of rotatable bonds is 8. The van der Waals surface area contributed by atoms with Crippen molar-refractivity contribution in [3.63, 3.8) is 0 Å². The molecule has 2 aromatic heterocycles. The summed E-state index contributed by atoms with van der Waals surface area (Å²) in [5.74, 6) is 0.718. The zero-order chi connectivity index (χ0) is 19.3. The Morgan fingerprint density at radius 1 is 1.00 bits per heavy atom. The van der Waals surface area contributed by atoms with Gasteiger partial charge in [-0.2, -0.15) is 0 Å². The third-order valence-corrected chi connectivity index (χ3v) is 3.83. The highest BCUT2D eigenvalue weighted by Gasteiger charge is 2.18. The first-order valence-corrected chi connectivity index (χ1v) is 8.43. The summed E-state index contributed by atoms with van der Waals surface area (Å²) >= 11 is 0. The van der Waals surface area contributed by atoms with E-state index in [-0.39, 0.29) is 22.9 Å². The Balaban J connectivity index is 2.24. The van der Waals surface area contributed by atoms with E-state index in [1.165, 1.54) is 24.5 Å². The smallest absolute Gasteiger partial charge is 0.280 e. The van der Waals surface area contributed by atoms with Crippen molar-refractivity contribution >= 4 is 0 Å². The van der Waals surface area contributed by atoms with Gasteiger partial charge in [0.25, 0.3) is 12.9 Å². The van der Waals surface area contributed by atoms with Crippen molar-refractivity contribution in [1.29, 1.82) is 0 Å². The summed E-state index contributed by atoms with van der Waals surface area (Å²) in [7, 11) is 0. The van der Waals surface area contributed by atoms with Crippen LogP contribution in [-0.4, -0.2) is 16.6 Å². The van der Waals surface area contributed by atoms with Gasteiger partial charge in [-0.3, -0.25) is 9.97 Å². The minimum absolute atomic E-state index is 0.0162. The Morgan fingerprint density at radius 3 is 2.35 bits per heavy atom. The van der Waals surface area contributed by atoms with E-state index in [1.807, 2.05) is 6.92 Å². The van der Waals surface area contributed by atoms with Gasteiger partial charge >= 0.3 is 0 Å². The molecule has 0 aromatic carbocycles. The molecule has 0 unspecified atom stereocenters. The summed E-state index contributed by atoms with van der Waals surface area (Å²) in [4.78, 5) is 7.66. The molecule has 7 heteroatoms. The SMILES string of the molecule is CC(C)C[C@H](C)COc1cnc(-c2ccnc(C(F)F)c2)cc1C(F)F. The molecule has 0 radical (unpaired) electrons. The number of ether oxygens (including phenoxy) is 1. The van der Waals surface area contributed by atoms with E-state index in [0.29, 0.717) is 18.1 Å². The van der Waals surface area contributed by atoms with E-state index in [2.05, 4.69) is 23.8 Å². The van der Waals surface area contributed by atoms with Crippen molar-refractivity contribution in [3.8, 4) is 17.0 Å². The van der Waals surface area contributed by atoms with Crippen LogP contribution in [0.3, 0.4) is 0 Å². The van der Waals surface area contributed by atoms with Gasteiger partial charge in [-0.25, -0.2) is 17.6 Å². The lowest BCUT2D eigenvalue weighted by Gasteiger charge is -2.17. The molecule has 0 aliphatic carbocycles. The molecule has 0 aliphatic heterocycles. The van der Waals surface area contributed by atoms with Crippen LogP contribution in [0.1, 0.15) is 51.3 Å². The molecule has 0 saturated carbocycles. The molecular weight excluding hydrogens is 348 g/mol. The lowest BCUT2D eigenvalue weighted by atomic mass is 10.00. The zero-order valence-corrected chi connectivity index (χ0v) is 14.9. The predicted octanol–water partition coefficient (Wildman–Crippen LogP) is 6.08. The molecule has 0 aliphatic rings. The van der Waals surface area contributed by atoms with Gasteiger partial charge in [0.2, 0.25) is 0 Å². The minimum Gasteiger partial charge on any atom is -0.491 e. The van der Waals surface area contributed by atoms with Gasteiger partial charge in [0.05, 0.1) is 24.1 Å². The Labute approximate surface area is 150 Å². The molecule has 0 fully saturated rings. The molecule has 0 spiro atoms. The molecule has 0 bridgehead atoms. The number of nitrogens with zero attached hydrogens (tertiary/aromatic N) is 2. The Morgan fingerprint density at radius 2 is 1.73 bits per heavy atom. The maximum absolute atomic E-state index is 13.4. The van der Waals surface area contributed by atoms with Crippen LogP contribution in [0.15, 0.2) is 30.6 Å². The van der Waals surface area contributed by atoms with Gasteiger partial charge in [0, 0.05) is 11.8 Å². The number of aromatic nitrogens is 2. The largest absolute Gasteiger partial charge is 0.491 e. The quantitative estimate of drug-likeness (QED) is 0.528. The molecule has 0 saturated heterocycles. The van der Waals surface area contributed by atoms with Crippen LogP contribution >= 0.6 is 0 Å². The van der Waals surface area contributed by atoms with E-state index in [9.17, 15) is 17.6 Å². The molecule has 0 amide bonds. The monoisotopic (exact) mass is 370 g/mol. The maximum Gasteiger partial charge on any atom is 0.280 e. The highest BCUT2D eigenvalue weighted by Crippen LogP contribution is 2.33. The van der Waals surface area contributed by atoms with Gasteiger partial charge in [-0.05, 0) is 36.5 Å². The van der Waals surface area contributed by atoms with Crippen LogP contribution in [-0.2, 0) is 0 Å². The Kier molecular flexibility index (Phi) is 6.94. The van der Waals surface area contributed by atoms with E-state index in [1.54, 1.807) is 0 Å². The first-order valence-electron chi connectivity index (χ1n) is 8.43. The summed E-state index contributed by atoms with van der Waals surface area (Å²) in [5, 5.41) is 0. The van der Waals surface area contributed by atoms with Crippen LogP contribution < -0.4 is 4.74 Å². The number of pyridine rings is 2. The highest BCUT2D eigenvalue weighted by molar-refractivity contribution is 5.61. The molecule has 1 atom stereocenters. The number of alkyl halides is 4. The summed E-state index contributed by atoms with van der Waals surface area (Å²) < 4.78 is 57.9. The summed E-state index contributed by atoms with van der Waals surface area (Å²) in [6.07, 6.45) is -2.15. The van der Waals surface area contributed by atoms with Crippen molar-refractivity contribution in [3.05, 3.63) is 41.9 Å². The second kappa shape index (κ2) is 8.96. The lowest BCUT2D eigenvalue weighted by Crippen LogP contribution is -2.12. The Hall–Kier alpha value is -2.18. The first kappa shape index (κ1) is 20.1. The number of hydrogen-bond acceptors (Lipinski definition) is 3. The van der Waals surface area contributed by atoms with E-state index in [4.69, 9.17) is 4.74 Å². The van der Waals surface area contributed by atoms with Crippen LogP contribution in [0.5, 0.6) is 5.75 Å². The van der Waals surface area contributed by atoms with E-state index in [0.717, 1.165) is 12.5 Å². The van der Waals surface area contributed by atoms with Crippen LogP contribution in [0.2, 0.25) is 0 Å². The highest BCUT2D eigenvalue weighted by atomic mass is 19.3. The third kappa shape index (κ3) is 5.41. The Bertz CT molecular complexity index is 722. The van der Waals surface area contributed by atoms with E-state index < -0.39 is 18.5 Å². The standard InChI is InChI=1S/C19H22F4N2O/c1-11(2)6-12(3)10-26-17-9-25-15(8-14(17)18(20)21)13-4-5-24-16(7-13)19(22)23/h4-5,7-9,11-12,18-19H,6,10H2,1-3H3/t12-/m0/s1. The average molecular weight is 370 g/mol. The fraction of sp³-hybridized carbons (Fsp3) is 0.474. The first-order chi connectivity index (χ1) is 12.3. The predicted molar refractivity (Wildman–Crippen MR) is 91.5 cm³/mol. The van der Waals surface area contributed by atoms with Gasteiger partial charge in [0.15, 0.2) is 0 Å². The number of halogens is 4. The molecule has 2 aromatic rings. The van der Waals surface area contributed by atoms with Crippen molar-refractivity contribution in [2.45, 2.75) is 40.0 Å². The molecule has 142 valence electrons. The second-order valence-corrected chi connectivity index (χ2v) is 6.72. The topological polar surface area (TPSA) is 35.0 Å². The summed E-state index contributed by atoms with van der Waals surface area (Å²) in [6, 6.07) is 3.78. The van der Waals surface area contributed by atoms with Gasteiger partial charge in [0.1, 0.15) is 11.4 Å². The molecule has 2 rings (SSSR count). The zero-order valence-electron chi connectivity index (χ0n) is 14.9. The van der Waals surface area contributed by atoms with Gasteiger partial charge < -0.3 is 4.74 Å². The van der Waals surface area contributed by atoms with Crippen molar-refractivity contribution in [2.75, 3.05) is 6.61 Å². The van der Waals surface area contributed by atoms with Crippen molar-refractivity contribution < 1.29 is 22.3 Å². The number of hydrogen-bond donors (Lipinski definition) is 0. The van der Waals surface area contributed by atoms with Crippen LogP contribution in [0, 0.1) is 11.8 Å². The summed E-state index contributed by atoms with van der Waals surface area (Å²) in [6.45, 7) is 6.47. The molecule has 0 N–H and O–H groups in total. The third-order valence-electron chi connectivity index (χ3n) is 3.83. The van der Waals surface area contributed by atoms with Gasteiger partial charge in [-0.15, -0.1) is 0 Å². The average Bonchev–Trinajstić information content (AvgIpc) is 2.59. The molecule has 3 nitrogen and oxygen atoms in total. The fourth-order valence-electron chi connectivity index (χ4n) is 2.74. The second-order valence-electron chi connectivity index (χ2n) is 6.72.